The van der Waals surface area contributed by atoms with Crippen molar-refractivity contribution in [2.24, 2.45) is 0 Å². The van der Waals surface area contributed by atoms with E-state index >= 15 is 0 Å². The van der Waals surface area contributed by atoms with Crippen LogP contribution in [0.1, 0.15) is 37.1 Å². The van der Waals surface area contributed by atoms with E-state index in [0.29, 0.717) is 44.9 Å². The first-order chi connectivity index (χ1) is 15.1. The molecule has 1 N–H and O–H groups in total. The molecule has 0 unspecified atom stereocenters. The molecule has 2 heterocycles. The number of benzene rings is 2. The van der Waals surface area contributed by atoms with Gasteiger partial charge >= 0.3 is 0 Å². The average Bonchev–Trinajstić information content (AvgIpc) is 3.28. The van der Waals surface area contributed by atoms with Crippen molar-refractivity contribution < 1.29 is 18.3 Å². The largest absolute Gasteiger partial charge is 0.441 e. The van der Waals surface area contributed by atoms with Crippen LogP contribution in [0.2, 0.25) is 0 Å². The molecular weight excluding hydrogens is 395 g/mol. The number of nitrogens with zero attached hydrogens (tertiary/aromatic N) is 1. The highest BCUT2D eigenvalue weighted by Gasteiger charge is 2.35. The summed E-state index contributed by atoms with van der Waals surface area (Å²) in [6.45, 7) is 1.70. The molecule has 1 fully saturated rings. The minimum Gasteiger partial charge on any atom is -0.441 e. The average molecular weight is 423 g/mol. The summed E-state index contributed by atoms with van der Waals surface area (Å²) >= 11 is 0. The van der Waals surface area contributed by atoms with Gasteiger partial charge in [0.25, 0.3) is 0 Å². The molecule has 3 aromatic rings. The van der Waals surface area contributed by atoms with Gasteiger partial charge in [0.15, 0.2) is 11.7 Å². The van der Waals surface area contributed by atoms with E-state index in [0.717, 1.165) is 29.7 Å². The van der Waals surface area contributed by atoms with Crippen LogP contribution in [0.15, 0.2) is 65.2 Å². The standard InChI is InChI=1S/C25H27FN2O3/c26-21-9-4-8-20(16-21)25(12-14-30-15-13-25)18-28-23(29)10-5-11-24-27-17-22(31-24)19-6-2-1-3-7-19/h1-4,6-9,16-17H,5,10-15,18H2,(H,28,29). The molecule has 0 spiro atoms. The van der Waals surface area contributed by atoms with E-state index in [1.165, 1.54) is 6.07 Å². The minimum atomic E-state index is -0.289. The molecule has 2 aromatic carbocycles. The number of aromatic nitrogens is 1. The Balaban J connectivity index is 1.29. The first kappa shape index (κ1) is 21.2. The van der Waals surface area contributed by atoms with Crippen LogP contribution in [0.25, 0.3) is 11.3 Å². The number of hydrogen-bond acceptors (Lipinski definition) is 4. The number of carbonyl (C=O) groups is 1. The third-order valence-electron chi connectivity index (χ3n) is 5.92. The lowest BCUT2D eigenvalue weighted by atomic mass is 9.74. The second-order valence-corrected chi connectivity index (χ2v) is 8.02. The van der Waals surface area contributed by atoms with Gasteiger partial charge in [0, 0.05) is 43.6 Å². The Morgan fingerprint density at radius 2 is 1.90 bits per heavy atom. The molecule has 5 nitrogen and oxygen atoms in total. The first-order valence-corrected chi connectivity index (χ1v) is 10.8. The summed E-state index contributed by atoms with van der Waals surface area (Å²) in [5, 5.41) is 3.06. The summed E-state index contributed by atoms with van der Waals surface area (Å²) in [4.78, 5) is 16.8. The maximum atomic E-state index is 13.8. The van der Waals surface area contributed by atoms with Crippen LogP contribution in [0.4, 0.5) is 4.39 Å². The topological polar surface area (TPSA) is 64.4 Å². The maximum absolute atomic E-state index is 13.8. The molecule has 0 radical (unpaired) electrons. The summed E-state index contributed by atoms with van der Waals surface area (Å²) in [6.07, 6.45) is 4.88. The molecule has 0 aliphatic carbocycles. The van der Waals surface area contributed by atoms with Gasteiger partial charge in [-0.25, -0.2) is 9.37 Å². The molecule has 0 bridgehead atoms. The van der Waals surface area contributed by atoms with E-state index in [-0.39, 0.29) is 17.1 Å². The molecule has 1 aromatic heterocycles. The number of carbonyl (C=O) groups excluding carboxylic acids is 1. The molecule has 1 aliphatic heterocycles. The Hall–Kier alpha value is -2.99. The Morgan fingerprint density at radius 1 is 1.10 bits per heavy atom. The van der Waals surface area contributed by atoms with Gasteiger partial charge in [0.2, 0.25) is 5.91 Å². The van der Waals surface area contributed by atoms with Gasteiger partial charge in [-0.2, -0.15) is 0 Å². The number of aryl methyl sites for hydroxylation is 1. The Bertz CT molecular complexity index is 997. The second kappa shape index (κ2) is 9.88. The molecule has 1 amide bonds. The van der Waals surface area contributed by atoms with E-state index in [2.05, 4.69) is 10.3 Å². The predicted octanol–water partition coefficient (Wildman–Crippen LogP) is 4.67. The summed E-state index contributed by atoms with van der Waals surface area (Å²) < 4.78 is 25.1. The molecule has 0 atom stereocenters. The lowest BCUT2D eigenvalue weighted by Crippen LogP contribution is -2.44. The van der Waals surface area contributed by atoms with Crippen LogP contribution >= 0.6 is 0 Å². The molecule has 4 rings (SSSR count). The fourth-order valence-electron chi connectivity index (χ4n) is 4.07. The molecule has 1 saturated heterocycles. The monoisotopic (exact) mass is 422 g/mol. The van der Waals surface area contributed by atoms with Gasteiger partial charge < -0.3 is 14.5 Å². The Kier molecular flexibility index (Phi) is 6.77. The van der Waals surface area contributed by atoms with Crippen molar-refractivity contribution in [2.75, 3.05) is 19.8 Å². The Labute approximate surface area is 181 Å². The lowest BCUT2D eigenvalue weighted by Gasteiger charge is -2.38. The first-order valence-electron chi connectivity index (χ1n) is 10.8. The summed E-state index contributed by atoms with van der Waals surface area (Å²) in [5.41, 5.74) is 1.62. The van der Waals surface area contributed by atoms with Crippen molar-refractivity contribution in [1.82, 2.24) is 10.3 Å². The number of halogens is 1. The normalized spacial score (nSPS) is 15.5. The SMILES string of the molecule is O=C(CCCc1ncc(-c2ccccc2)o1)NCC1(c2cccc(F)c2)CCOCC1. The highest BCUT2D eigenvalue weighted by Crippen LogP contribution is 2.34. The highest BCUT2D eigenvalue weighted by atomic mass is 19.1. The molecule has 6 heteroatoms. The van der Waals surface area contributed by atoms with Crippen LogP contribution in [0.5, 0.6) is 0 Å². The maximum Gasteiger partial charge on any atom is 0.220 e. The van der Waals surface area contributed by atoms with Crippen LogP contribution in [0, 0.1) is 5.82 Å². The predicted molar refractivity (Wildman–Crippen MR) is 116 cm³/mol. The van der Waals surface area contributed by atoms with Crippen molar-refractivity contribution >= 4 is 5.91 Å². The van der Waals surface area contributed by atoms with Gasteiger partial charge in [-0.1, -0.05) is 42.5 Å². The molecule has 1 aliphatic rings. The van der Waals surface area contributed by atoms with Crippen LogP contribution in [0.3, 0.4) is 0 Å². The number of oxazole rings is 1. The van der Waals surface area contributed by atoms with Crippen molar-refractivity contribution in [3.05, 3.63) is 78.1 Å². The summed E-state index contributed by atoms with van der Waals surface area (Å²) in [6, 6.07) is 16.5. The van der Waals surface area contributed by atoms with Crippen molar-refractivity contribution in [2.45, 2.75) is 37.5 Å². The van der Waals surface area contributed by atoms with E-state index in [4.69, 9.17) is 9.15 Å². The van der Waals surface area contributed by atoms with Gasteiger partial charge in [0.1, 0.15) is 5.82 Å². The fourth-order valence-corrected chi connectivity index (χ4v) is 4.07. The number of rotatable bonds is 8. The van der Waals surface area contributed by atoms with Crippen LogP contribution in [-0.4, -0.2) is 30.6 Å². The fraction of sp³-hybridized carbons (Fsp3) is 0.360. The molecule has 31 heavy (non-hydrogen) atoms. The van der Waals surface area contributed by atoms with Gasteiger partial charge in [-0.3, -0.25) is 4.79 Å². The third-order valence-corrected chi connectivity index (χ3v) is 5.92. The van der Waals surface area contributed by atoms with E-state index in [1.807, 2.05) is 36.4 Å². The molecule has 162 valence electrons. The van der Waals surface area contributed by atoms with Crippen LogP contribution in [-0.2, 0) is 21.4 Å². The number of hydrogen-bond donors (Lipinski definition) is 1. The van der Waals surface area contributed by atoms with Gasteiger partial charge in [0.05, 0.1) is 6.20 Å². The zero-order valence-electron chi connectivity index (χ0n) is 17.5. The molecule has 0 saturated carbocycles. The van der Waals surface area contributed by atoms with E-state index < -0.39 is 0 Å². The lowest BCUT2D eigenvalue weighted by molar-refractivity contribution is -0.121. The van der Waals surface area contributed by atoms with E-state index in [1.54, 1.807) is 18.3 Å². The van der Waals surface area contributed by atoms with E-state index in [9.17, 15) is 9.18 Å². The number of ether oxygens (including phenoxy) is 1. The smallest absolute Gasteiger partial charge is 0.220 e. The number of amides is 1. The summed E-state index contributed by atoms with van der Waals surface area (Å²) in [7, 11) is 0. The summed E-state index contributed by atoms with van der Waals surface area (Å²) in [5.74, 6) is 1.09. The van der Waals surface area contributed by atoms with Gasteiger partial charge in [-0.15, -0.1) is 0 Å². The van der Waals surface area contributed by atoms with Crippen LogP contribution < -0.4 is 5.32 Å². The van der Waals surface area contributed by atoms with Crippen molar-refractivity contribution in [1.29, 1.82) is 0 Å². The zero-order valence-corrected chi connectivity index (χ0v) is 17.5. The third kappa shape index (κ3) is 5.39. The molecular formula is C25H27FN2O3. The zero-order chi connectivity index (χ0) is 21.5. The minimum absolute atomic E-state index is 0.0166. The van der Waals surface area contributed by atoms with Crippen molar-refractivity contribution in [3.8, 4) is 11.3 Å². The number of nitrogens with one attached hydrogen (secondary N) is 1. The van der Waals surface area contributed by atoms with Crippen molar-refractivity contribution in [3.63, 3.8) is 0 Å². The quantitative estimate of drug-likeness (QED) is 0.573. The van der Waals surface area contributed by atoms with Gasteiger partial charge in [-0.05, 0) is 37.0 Å². The second-order valence-electron chi connectivity index (χ2n) is 8.02. The highest BCUT2D eigenvalue weighted by molar-refractivity contribution is 5.76. The Morgan fingerprint density at radius 3 is 2.68 bits per heavy atom.